The number of rotatable bonds is 7. The number of hydrogen-bond donors (Lipinski definition) is 2. The number of Topliss-reactive ketones (excluding diaryl/α,β-unsaturated/α-hetero) is 1. The molecule has 122 valence electrons. The molecule has 0 aliphatic rings. The molecule has 0 bridgehead atoms. The number of carbonyl (C=O) groups excluding carboxylic acids is 2. The predicted octanol–water partition coefficient (Wildman–Crippen LogP) is 1.55. The molecule has 0 saturated heterocycles. The van der Waals surface area contributed by atoms with E-state index in [0.717, 1.165) is 4.88 Å². The molecule has 0 radical (unpaired) electrons. The molecule has 23 heavy (non-hydrogen) atoms. The largest absolute Gasteiger partial charge is 0.350 e. The fourth-order valence-electron chi connectivity index (χ4n) is 1.79. The minimum atomic E-state index is -3.84. The molecule has 0 aliphatic heterocycles. The Morgan fingerprint density at radius 1 is 1.17 bits per heavy atom. The number of amides is 1. The lowest BCUT2D eigenvalue weighted by molar-refractivity contribution is -0.120. The van der Waals surface area contributed by atoms with Crippen molar-refractivity contribution in [2.45, 2.75) is 18.4 Å². The van der Waals surface area contributed by atoms with Gasteiger partial charge in [0.25, 0.3) is 0 Å². The van der Waals surface area contributed by atoms with Crippen molar-refractivity contribution in [1.29, 1.82) is 0 Å². The first kappa shape index (κ1) is 17.3. The molecule has 1 aromatic heterocycles. The van der Waals surface area contributed by atoms with Crippen molar-refractivity contribution in [3.8, 4) is 0 Å². The van der Waals surface area contributed by atoms with E-state index < -0.39 is 15.9 Å². The van der Waals surface area contributed by atoms with Gasteiger partial charge in [-0.3, -0.25) is 9.59 Å². The van der Waals surface area contributed by atoms with E-state index in [9.17, 15) is 18.0 Å². The molecule has 1 amide bonds. The molecule has 6 nitrogen and oxygen atoms in total. The van der Waals surface area contributed by atoms with Gasteiger partial charge in [-0.2, -0.15) is 0 Å². The Labute approximate surface area is 138 Å². The molecule has 0 saturated carbocycles. The van der Waals surface area contributed by atoms with Crippen molar-refractivity contribution in [3.63, 3.8) is 0 Å². The second-order valence-corrected chi connectivity index (χ2v) is 7.56. The standard InChI is InChI=1S/C15H16N2O4S2/c1-11(18)12-4-2-6-14(8-12)23(20,21)17-10-15(19)16-9-13-5-3-7-22-13/h2-8,17H,9-10H2,1H3,(H,16,19). The summed E-state index contributed by atoms with van der Waals surface area (Å²) in [5.41, 5.74) is 0.301. The summed E-state index contributed by atoms with van der Waals surface area (Å²) in [7, 11) is -3.84. The van der Waals surface area contributed by atoms with Gasteiger partial charge in [-0.15, -0.1) is 11.3 Å². The Morgan fingerprint density at radius 2 is 1.96 bits per heavy atom. The van der Waals surface area contributed by atoms with Crippen molar-refractivity contribution in [1.82, 2.24) is 10.0 Å². The summed E-state index contributed by atoms with van der Waals surface area (Å²) in [5.74, 6) is -0.652. The maximum Gasteiger partial charge on any atom is 0.241 e. The summed E-state index contributed by atoms with van der Waals surface area (Å²) < 4.78 is 26.5. The molecule has 0 fully saturated rings. The van der Waals surface area contributed by atoms with Gasteiger partial charge in [-0.25, -0.2) is 13.1 Å². The Morgan fingerprint density at radius 3 is 2.61 bits per heavy atom. The summed E-state index contributed by atoms with van der Waals surface area (Å²) in [6.07, 6.45) is 0. The van der Waals surface area contributed by atoms with Crippen LogP contribution in [0.1, 0.15) is 22.2 Å². The second-order valence-electron chi connectivity index (χ2n) is 4.76. The van der Waals surface area contributed by atoms with E-state index in [1.54, 1.807) is 0 Å². The van der Waals surface area contributed by atoms with Crippen LogP contribution in [-0.4, -0.2) is 26.7 Å². The second kappa shape index (κ2) is 7.49. The quantitative estimate of drug-likeness (QED) is 0.740. The van der Waals surface area contributed by atoms with Crippen LogP contribution in [0.3, 0.4) is 0 Å². The van der Waals surface area contributed by atoms with Crippen molar-refractivity contribution >= 4 is 33.1 Å². The average molecular weight is 352 g/mol. The molecule has 0 spiro atoms. The first-order valence-corrected chi connectivity index (χ1v) is 9.14. The van der Waals surface area contributed by atoms with Crippen molar-refractivity contribution in [3.05, 3.63) is 52.2 Å². The fourth-order valence-corrected chi connectivity index (χ4v) is 3.46. The third kappa shape index (κ3) is 4.98. The predicted molar refractivity (Wildman–Crippen MR) is 87.8 cm³/mol. The van der Waals surface area contributed by atoms with Gasteiger partial charge in [0, 0.05) is 10.4 Å². The summed E-state index contributed by atoms with van der Waals surface area (Å²) >= 11 is 1.50. The van der Waals surface area contributed by atoms with Gasteiger partial charge in [0.15, 0.2) is 5.78 Å². The molecule has 2 aromatic rings. The third-order valence-electron chi connectivity index (χ3n) is 3.01. The molecule has 0 atom stereocenters. The molecule has 0 unspecified atom stereocenters. The van der Waals surface area contributed by atoms with Crippen LogP contribution in [-0.2, 0) is 21.4 Å². The number of hydrogen-bond acceptors (Lipinski definition) is 5. The average Bonchev–Trinajstić information content (AvgIpc) is 3.04. The van der Waals surface area contributed by atoms with Gasteiger partial charge in [0.1, 0.15) is 0 Å². The lowest BCUT2D eigenvalue weighted by Crippen LogP contribution is -2.36. The number of thiophene rings is 1. The van der Waals surface area contributed by atoms with Crippen LogP contribution in [0.5, 0.6) is 0 Å². The van der Waals surface area contributed by atoms with Crippen LogP contribution >= 0.6 is 11.3 Å². The zero-order valence-corrected chi connectivity index (χ0v) is 14.0. The summed E-state index contributed by atoms with van der Waals surface area (Å²) in [4.78, 5) is 24.0. The van der Waals surface area contributed by atoms with Crippen LogP contribution in [0.15, 0.2) is 46.7 Å². The number of sulfonamides is 1. The number of ketones is 1. The zero-order chi connectivity index (χ0) is 16.9. The van der Waals surface area contributed by atoms with E-state index in [4.69, 9.17) is 0 Å². The van der Waals surface area contributed by atoms with Crippen molar-refractivity contribution in [2.75, 3.05) is 6.54 Å². The van der Waals surface area contributed by atoms with E-state index in [-0.39, 0.29) is 17.2 Å². The van der Waals surface area contributed by atoms with Crippen LogP contribution in [0.2, 0.25) is 0 Å². The van der Waals surface area contributed by atoms with Gasteiger partial charge in [-0.1, -0.05) is 18.2 Å². The number of nitrogens with one attached hydrogen (secondary N) is 2. The topological polar surface area (TPSA) is 92.3 Å². The van der Waals surface area contributed by atoms with E-state index in [1.165, 1.54) is 42.5 Å². The van der Waals surface area contributed by atoms with Crippen LogP contribution in [0, 0.1) is 0 Å². The molecule has 2 rings (SSSR count). The molecule has 1 heterocycles. The first-order valence-electron chi connectivity index (χ1n) is 6.78. The number of carbonyl (C=O) groups is 2. The smallest absolute Gasteiger partial charge is 0.241 e. The van der Waals surface area contributed by atoms with E-state index in [2.05, 4.69) is 10.0 Å². The monoisotopic (exact) mass is 352 g/mol. The van der Waals surface area contributed by atoms with Crippen molar-refractivity contribution in [2.24, 2.45) is 0 Å². The highest BCUT2D eigenvalue weighted by Crippen LogP contribution is 2.12. The highest BCUT2D eigenvalue weighted by atomic mass is 32.2. The normalized spacial score (nSPS) is 11.2. The Hall–Kier alpha value is -2.03. The Balaban J connectivity index is 1.94. The van der Waals surface area contributed by atoms with E-state index in [1.807, 2.05) is 17.5 Å². The zero-order valence-electron chi connectivity index (χ0n) is 12.4. The van der Waals surface area contributed by atoms with E-state index in [0.29, 0.717) is 12.1 Å². The van der Waals surface area contributed by atoms with Gasteiger partial charge in [0.2, 0.25) is 15.9 Å². The molecule has 1 aromatic carbocycles. The maximum atomic E-state index is 12.1. The Bertz CT molecular complexity index is 799. The molecule has 2 N–H and O–H groups in total. The SMILES string of the molecule is CC(=O)c1cccc(S(=O)(=O)NCC(=O)NCc2cccs2)c1. The molecular formula is C15H16N2O4S2. The highest BCUT2D eigenvalue weighted by Gasteiger charge is 2.16. The molecule has 0 aliphatic carbocycles. The minimum Gasteiger partial charge on any atom is -0.350 e. The molecule has 8 heteroatoms. The van der Waals surface area contributed by atoms with Gasteiger partial charge in [-0.05, 0) is 30.5 Å². The minimum absolute atomic E-state index is 0.0451. The maximum absolute atomic E-state index is 12.1. The fraction of sp³-hybridized carbons (Fsp3) is 0.200. The lowest BCUT2D eigenvalue weighted by atomic mass is 10.2. The first-order chi connectivity index (χ1) is 10.9. The third-order valence-corrected chi connectivity index (χ3v) is 5.29. The summed E-state index contributed by atoms with van der Waals surface area (Å²) in [6, 6.07) is 9.43. The summed E-state index contributed by atoms with van der Waals surface area (Å²) in [5, 5.41) is 4.52. The van der Waals surface area contributed by atoms with Crippen molar-refractivity contribution < 1.29 is 18.0 Å². The summed E-state index contributed by atoms with van der Waals surface area (Å²) in [6.45, 7) is 1.35. The van der Waals surface area contributed by atoms with E-state index >= 15 is 0 Å². The number of benzene rings is 1. The van der Waals surface area contributed by atoms with Gasteiger partial charge >= 0.3 is 0 Å². The van der Waals surface area contributed by atoms with Gasteiger partial charge < -0.3 is 5.32 Å². The van der Waals surface area contributed by atoms with Gasteiger partial charge in [0.05, 0.1) is 18.0 Å². The Kier molecular flexibility index (Phi) is 5.64. The van der Waals surface area contributed by atoms with Crippen LogP contribution in [0.4, 0.5) is 0 Å². The van der Waals surface area contributed by atoms with Crippen LogP contribution in [0.25, 0.3) is 0 Å². The highest BCUT2D eigenvalue weighted by molar-refractivity contribution is 7.89. The van der Waals surface area contributed by atoms with Crippen LogP contribution < -0.4 is 10.0 Å². The molecular weight excluding hydrogens is 336 g/mol. The lowest BCUT2D eigenvalue weighted by Gasteiger charge is -2.08.